The van der Waals surface area contributed by atoms with Gasteiger partial charge in [0.15, 0.2) is 0 Å². The Morgan fingerprint density at radius 1 is 1.29 bits per heavy atom. The van der Waals surface area contributed by atoms with Crippen molar-refractivity contribution in [1.29, 1.82) is 0 Å². The molecule has 1 aromatic rings. The molecule has 0 heterocycles. The summed E-state index contributed by atoms with van der Waals surface area (Å²) in [6, 6.07) is 5.19. The quantitative estimate of drug-likeness (QED) is 0.701. The lowest BCUT2D eigenvalue weighted by atomic mass is 9.91. The zero-order valence-corrected chi connectivity index (χ0v) is 15.5. The standard InChI is InChI=1S/C17H27FN2O3S/c1-13(16(21)19-10-6-9-17(2,3)4)12-24(22,23)20-15-8-5-7-14(18)11-15/h5,7-8,11,13,20H,6,9-10,12H2,1-4H3,(H,19,21). The highest BCUT2D eigenvalue weighted by Gasteiger charge is 2.21. The molecule has 7 heteroatoms. The Hall–Kier alpha value is -1.63. The van der Waals surface area contributed by atoms with Crippen LogP contribution in [0.5, 0.6) is 0 Å². The number of amides is 1. The summed E-state index contributed by atoms with van der Waals surface area (Å²) in [4.78, 5) is 12.0. The highest BCUT2D eigenvalue weighted by atomic mass is 32.2. The summed E-state index contributed by atoms with van der Waals surface area (Å²) in [5.74, 6) is -1.87. The zero-order chi connectivity index (χ0) is 18.4. The third-order valence-corrected chi connectivity index (χ3v) is 4.90. The molecule has 1 aromatic carbocycles. The molecular formula is C17H27FN2O3S. The molecule has 0 aromatic heterocycles. The van der Waals surface area contributed by atoms with Crippen LogP contribution in [-0.4, -0.2) is 26.6 Å². The van der Waals surface area contributed by atoms with Crippen LogP contribution in [0.2, 0.25) is 0 Å². The molecule has 0 radical (unpaired) electrons. The predicted octanol–water partition coefficient (Wildman–Crippen LogP) is 3.15. The maximum absolute atomic E-state index is 13.1. The van der Waals surface area contributed by atoms with E-state index in [1.165, 1.54) is 18.2 Å². The number of rotatable bonds is 8. The molecule has 0 aliphatic rings. The number of carbonyl (C=O) groups excluding carboxylic acids is 1. The average molecular weight is 358 g/mol. The van der Waals surface area contributed by atoms with Gasteiger partial charge in [0, 0.05) is 6.54 Å². The van der Waals surface area contributed by atoms with Crippen molar-refractivity contribution in [3.05, 3.63) is 30.1 Å². The number of halogens is 1. The molecule has 0 aliphatic carbocycles. The van der Waals surface area contributed by atoms with E-state index in [1.807, 2.05) is 0 Å². The van der Waals surface area contributed by atoms with Crippen LogP contribution in [0, 0.1) is 17.2 Å². The first-order chi connectivity index (χ1) is 11.0. The molecule has 5 nitrogen and oxygen atoms in total. The molecule has 0 saturated carbocycles. The Kier molecular flexibility index (Phi) is 7.20. The van der Waals surface area contributed by atoms with Crippen molar-refractivity contribution in [3.63, 3.8) is 0 Å². The van der Waals surface area contributed by atoms with Crippen LogP contribution in [0.4, 0.5) is 10.1 Å². The van der Waals surface area contributed by atoms with Gasteiger partial charge in [-0.15, -0.1) is 0 Å². The Bertz CT molecular complexity index is 654. The lowest BCUT2D eigenvalue weighted by molar-refractivity contribution is -0.123. The minimum Gasteiger partial charge on any atom is -0.356 e. The number of nitrogens with one attached hydrogen (secondary N) is 2. The van der Waals surface area contributed by atoms with E-state index in [0.717, 1.165) is 18.9 Å². The van der Waals surface area contributed by atoms with Crippen LogP contribution >= 0.6 is 0 Å². The number of benzene rings is 1. The monoisotopic (exact) mass is 358 g/mol. The molecule has 0 aliphatic heterocycles. The molecule has 0 fully saturated rings. The second kappa shape index (κ2) is 8.46. The molecular weight excluding hydrogens is 331 g/mol. The summed E-state index contributed by atoms with van der Waals surface area (Å²) in [6.07, 6.45) is 1.82. The highest BCUT2D eigenvalue weighted by Crippen LogP contribution is 2.19. The maximum atomic E-state index is 13.1. The first kappa shape index (κ1) is 20.4. The molecule has 1 atom stereocenters. The average Bonchev–Trinajstić information content (AvgIpc) is 2.41. The fraction of sp³-hybridized carbons (Fsp3) is 0.588. The third-order valence-electron chi connectivity index (χ3n) is 3.42. The van der Waals surface area contributed by atoms with Crippen molar-refractivity contribution in [3.8, 4) is 0 Å². The van der Waals surface area contributed by atoms with Crippen LogP contribution in [0.15, 0.2) is 24.3 Å². The predicted molar refractivity (Wildman–Crippen MR) is 94.7 cm³/mol. The van der Waals surface area contributed by atoms with Gasteiger partial charge in [0.1, 0.15) is 5.82 Å². The molecule has 0 bridgehead atoms. The van der Waals surface area contributed by atoms with Crippen molar-refractivity contribution in [1.82, 2.24) is 5.32 Å². The van der Waals surface area contributed by atoms with E-state index >= 15 is 0 Å². The number of anilines is 1. The van der Waals surface area contributed by atoms with Gasteiger partial charge in [-0.05, 0) is 36.5 Å². The van der Waals surface area contributed by atoms with E-state index < -0.39 is 21.8 Å². The van der Waals surface area contributed by atoms with Gasteiger partial charge in [0.2, 0.25) is 15.9 Å². The lowest BCUT2D eigenvalue weighted by Gasteiger charge is -2.18. The Morgan fingerprint density at radius 2 is 1.96 bits per heavy atom. The van der Waals surface area contributed by atoms with Crippen molar-refractivity contribution in [2.24, 2.45) is 11.3 Å². The first-order valence-corrected chi connectivity index (χ1v) is 9.67. The van der Waals surface area contributed by atoms with E-state index in [-0.39, 0.29) is 22.8 Å². The van der Waals surface area contributed by atoms with E-state index in [0.29, 0.717) is 6.54 Å². The van der Waals surface area contributed by atoms with E-state index in [9.17, 15) is 17.6 Å². The van der Waals surface area contributed by atoms with Gasteiger partial charge in [-0.25, -0.2) is 12.8 Å². The van der Waals surface area contributed by atoms with Crippen LogP contribution in [-0.2, 0) is 14.8 Å². The topological polar surface area (TPSA) is 75.3 Å². The zero-order valence-electron chi connectivity index (χ0n) is 14.7. The van der Waals surface area contributed by atoms with Crippen molar-refractivity contribution in [2.45, 2.75) is 40.5 Å². The third kappa shape index (κ3) is 8.29. The Balaban J connectivity index is 2.47. The van der Waals surface area contributed by atoms with E-state index in [1.54, 1.807) is 6.92 Å². The molecule has 0 spiro atoms. The van der Waals surface area contributed by atoms with Gasteiger partial charge in [0.25, 0.3) is 0 Å². The van der Waals surface area contributed by atoms with Crippen LogP contribution in [0.1, 0.15) is 40.5 Å². The van der Waals surface area contributed by atoms with Crippen LogP contribution < -0.4 is 10.0 Å². The Morgan fingerprint density at radius 3 is 2.54 bits per heavy atom. The summed E-state index contributed by atoms with van der Waals surface area (Å²) in [5, 5.41) is 2.76. The largest absolute Gasteiger partial charge is 0.356 e. The first-order valence-electron chi connectivity index (χ1n) is 8.02. The van der Waals surface area contributed by atoms with Gasteiger partial charge in [-0.3, -0.25) is 9.52 Å². The molecule has 24 heavy (non-hydrogen) atoms. The SMILES string of the molecule is CC(CS(=O)(=O)Nc1cccc(F)c1)C(=O)NCCCC(C)(C)C. The van der Waals surface area contributed by atoms with E-state index in [2.05, 4.69) is 30.8 Å². The Labute approximate surface area is 144 Å². The minimum atomic E-state index is -3.73. The summed E-state index contributed by atoms with van der Waals surface area (Å²) < 4.78 is 39.5. The maximum Gasteiger partial charge on any atom is 0.233 e. The fourth-order valence-electron chi connectivity index (χ4n) is 2.18. The normalized spacial score (nSPS) is 13.4. The van der Waals surface area contributed by atoms with Gasteiger partial charge in [-0.2, -0.15) is 0 Å². The number of hydrogen-bond acceptors (Lipinski definition) is 3. The van der Waals surface area contributed by atoms with Crippen LogP contribution in [0.25, 0.3) is 0 Å². The van der Waals surface area contributed by atoms with Gasteiger partial charge in [0.05, 0.1) is 17.4 Å². The van der Waals surface area contributed by atoms with Gasteiger partial charge < -0.3 is 5.32 Å². The highest BCUT2D eigenvalue weighted by molar-refractivity contribution is 7.92. The van der Waals surface area contributed by atoms with Crippen LogP contribution in [0.3, 0.4) is 0 Å². The summed E-state index contributed by atoms with van der Waals surface area (Å²) >= 11 is 0. The minimum absolute atomic E-state index is 0.146. The molecule has 1 unspecified atom stereocenters. The fourth-order valence-corrected chi connectivity index (χ4v) is 3.56. The molecule has 2 N–H and O–H groups in total. The summed E-state index contributed by atoms with van der Waals surface area (Å²) in [6.45, 7) is 8.47. The van der Waals surface area contributed by atoms with Crippen molar-refractivity contribution in [2.75, 3.05) is 17.0 Å². The smallest absolute Gasteiger partial charge is 0.233 e. The molecule has 1 rings (SSSR count). The molecule has 1 amide bonds. The number of hydrogen-bond donors (Lipinski definition) is 2. The summed E-state index contributed by atoms with van der Waals surface area (Å²) in [5.41, 5.74) is 0.349. The van der Waals surface area contributed by atoms with Crippen molar-refractivity contribution >= 4 is 21.6 Å². The van der Waals surface area contributed by atoms with E-state index in [4.69, 9.17) is 0 Å². The molecule has 0 saturated heterocycles. The van der Waals surface area contributed by atoms with Gasteiger partial charge in [-0.1, -0.05) is 33.8 Å². The number of sulfonamides is 1. The van der Waals surface area contributed by atoms with Crippen molar-refractivity contribution < 1.29 is 17.6 Å². The lowest BCUT2D eigenvalue weighted by Crippen LogP contribution is -2.35. The second-order valence-electron chi connectivity index (χ2n) is 7.25. The number of carbonyl (C=O) groups is 1. The molecule has 136 valence electrons. The summed E-state index contributed by atoms with van der Waals surface area (Å²) in [7, 11) is -3.73. The second-order valence-corrected chi connectivity index (χ2v) is 9.02. The van der Waals surface area contributed by atoms with Gasteiger partial charge >= 0.3 is 0 Å².